The van der Waals surface area contributed by atoms with Crippen molar-refractivity contribution in [2.75, 3.05) is 12.4 Å². The third kappa shape index (κ3) is 3.52. The molecule has 0 radical (unpaired) electrons. The predicted octanol–water partition coefficient (Wildman–Crippen LogP) is 3.70. The number of alkyl halides is 3. The highest BCUT2D eigenvalue weighted by Gasteiger charge is 2.47. The maximum absolute atomic E-state index is 12.6. The fourth-order valence-electron chi connectivity index (χ4n) is 4.41. The lowest BCUT2D eigenvalue weighted by molar-refractivity contribution is -0.0433. The van der Waals surface area contributed by atoms with Gasteiger partial charge in [-0.1, -0.05) is 29.8 Å². The van der Waals surface area contributed by atoms with Crippen LogP contribution in [0.2, 0.25) is 0 Å². The zero-order valence-electron chi connectivity index (χ0n) is 15.0. The Bertz CT molecular complexity index is 954. The minimum Gasteiger partial charge on any atom is -0.447 e. The largest absolute Gasteiger partial charge is 0.497 e. The van der Waals surface area contributed by atoms with E-state index in [4.69, 9.17) is 4.74 Å². The zero-order valence-corrected chi connectivity index (χ0v) is 15.8. The molecule has 2 atom stereocenters. The van der Waals surface area contributed by atoms with Gasteiger partial charge in [0.15, 0.2) is 0 Å². The van der Waals surface area contributed by atoms with E-state index >= 15 is 0 Å². The summed E-state index contributed by atoms with van der Waals surface area (Å²) in [5.41, 5.74) is -2.32. The molecule has 1 saturated carbocycles. The van der Waals surface area contributed by atoms with E-state index in [-0.39, 0.29) is 23.1 Å². The number of amides is 1. The van der Waals surface area contributed by atoms with Gasteiger partial charge in [0.2, 0.25) is 0 Å². The van der Waals surface area contributed by atoms with E-state index in [9.17, 15) is 26.4 Å². The molecule has 5 nitrogen and oxygen atoms in total. The molecule has 1 aromatic carbocycles. The fraction of sp³-hybridized carbons (Fsp3) is 0.526. The van der Waals surface area contributed by atoms with Gasteiger partial charge in [-0.2, -0.15) is 13.2 Å². The first kappa shape index (κ1) is 19.3. The van der Waals surface area contributed by atoms with Crippen LogP contribution in [-0.4, -0.2) is 37.9 Å². The molecule has 1 amide bonds. The molecule has 0 aromatic heterocycles. The SMILES string of the molecule is O=C1N[C@@]2(CC[C@H](c3ccc4c(c3)CCC(CS(=O)(=O)C(F)(F)F)=C4)C2)CO1. The Hall–Kier alpha value is -2.03. The molecule has 9 heteroatoms. The summed E-state index contributed by atoms with van der Waals surface area (Å²) < 4.78 is 65.7. The Morgan fingerprint density at radius 3 is 2.71 bits per heavy atom. The smallest absolute Gasteiger partial charge is 0.447 e. The number of aryl methyl sites for hydroxylation is 1. The second-order valence-corrected chi connectivity index (χ2v) is 9.87. The first-order valence-corrected chi connectivity index (χ1v) is 10.8. The number of nitrogens with one attached hydrogen (secondary N) is 1. The summed E-state index contributed by atoms with van der Waals surface area (Å²) in [4.78, 5) is 11.4. The Kier molecular flexibility index (Phi) is 4.48. The number of carbonyl (C=O) groups is 1. The lowest BCUT2D eigenvalue weighted by Gasteiger charge is -2.22. The molecule has 1 N–H and O–H groups in total. The summed E-state index contributed by atoms with van der Waals surface area (Å²) in [6.45, 7) is 0.382. The molecular weight excluding hydrogens is 395 g/mol. The Morgan fingerprint density at radius 1 is 1.25 bits per heavy atom. The lowest BCUT2D eigenvalue weighted by atomic mass is 9.87. The number of fused-ring (bicyclic) bond motifs is 1. The lowest BCUT2D eigenvalue weighted by Crippen LogP contribution is -2.40. The van der Waals surface area contributed by atoms with Gasteiger partial charge in [0.25, 0.3) is 9.84 Å². The van der Waals surface area contributed by atoms with Gasteiger partial charge in [0, 0.05) is 0 Å². The number of carbonyl (C=O) groups excluding carboxylic acids is 1. The van der Waals surface area contributed by atoms with Crippen molar-refractivity contribution in [3.8, 4) is 0 Å². The number of cyclic esters (lactones) is 1. The van der Waals surface area contributed by atoms with Crippen molar-refractivity contribution in [2.45, 2.75) is 49.1 Å². The average molecular weight is 415 g/mol. The molecule has 3 aliphatic rings. The van der Waals surface area contributed by atoms with Crippen LogP contribution in [0.4, 0.5) is 18.0 Å². The van der Waals surface area contributed by atoms with Crippen LogP contribution in [0.25, 0.3) is 6.08 Å². The summed E-state index contributed by atoms with van der Waals surface area (Å²) in [5, 5.41) is 2.91. The Morgan fingerprint density at radius 2 is 2.04 bits per heavy atom. The van der Waals surface area contributed by atoms with Gasteiger partial charge in [-0.05, 0) is 54.7 Å². The standard InChI is InChI=1S/C19H20F3NO4S/c20-19(21,22)28(25,26)10-12-1-2-14-8-15(4-3-13(14)7-12)16-5-6-18(9-16)11-27-17(24)23-18/h3-4,7-8,16H,1-2,5-6,9-11H2,(H,23,24)/t16-,18+/m0/s1. The number of hydrogen-bond donors (Lipinski definition) is 1. The number of hydrogen-bond acceptors (Lipinski definition) is 4. The number of alkyl carbamates (subject to hydrolysis) is 1. The number of halogens is 3. The van der Waals surface area contributed by atoms with Gasteiger partial charge < -0.3 is 10.1 Å². The molecule has 152 valence electrons. The summed E-state index contributed by atoms with van der Waals surface area (Å²) in [6.07, 6.45) is 4.56. The highest BCUT2D eigenvalue weighted by atomic mass is 32.2. The maximum Gasteiger partial charge on any atom is 0.497 e. The minimum absolute atomic E-state index is 0.281. The van der Waals surface area contributed by atoms with E-state index in [0.29, 0.717) is 19.4 Å². The van der Waals surface area contributed by atoms with Gasteiger partial charge in [-0.15, -0.1) is 0 Å². The molecule has 1 aliphatic heterocycles. The van der Waals surface area contributed by atoms with Crippen molar-refractivity contribution in [2.24, 2.45) is 0 Å². The summed E-state index contributed by atoms with van der Waals surface area (Å²) in [7, 11) is -5.15. The van der Waals surface area contributed by atoms with Gasteiger partial charge in [-0.25, -0.2) is 13.2 Å². The average Bonchev–Trinajstić information content (AvgIpc) is 3.19. The monoisotopic (exact) mass is 415 g/mol. The highest BCUT2D eigenvalue weighted by molar-refractivity contribution is 7.92. The van der Waals surface area contributed by atoms with Crippen LogP contribution in [0.5, 0.6) is 0 Å². The van der Waals surface area contributed by atoms with E-state index < -0.39 is 21.1 Å². The summed E-state index contributed by atoms with van der Waals surface area (Å²) in [5.74, 6) is -0.703. The molecular formula is C19H20F3NO4S. The fourth-order valence-corrected chi connectivity index (χ4v) is 5.29. The number of ether oxygens (including phenoxy) is 1. The highest BCUT2D eigenvalue weighted by Crippen LogP contribution is 2.43. The van der Waals surface area contributed by atoms with E-state index in [2.05, 4.69) is 11.4 Å². The van der Waals surface area contributed by atoms with Crippen molar-refractivity contribution in [1.29, 1.82) is 0 Å². The first-order valence-electron chi connectivity index (χ1n) is 9.13. The zero-order chi connectivity index (χ0) is 20.2. The van der Waals surface area contributed by atoms with Crippen molar-refractivity contribution in [1.82, 2.24) is 5.32 Å². The normalized spacial score (nSPS) is 27.3. The second-order valence-electron chi connectivity index (χ2n) is 7.89. The van der Waals surface area contributed by atoms with Gasteiger partial charge >= 0.3 is 11.6 Å². The minimum atomic E-state index is -5.23. The van der Waals surface area contributed by atoms with Crippen molar-refractivity contribution >= 4 is 22.0 Å². The molecule has 28 heavy (non-hydrogen) atoms. The van der Waals surface area contributed by atoms with Gasteiger partial charge in [-0.3, -0.25) is 0 Å². The van der Waals surface area contributed by atoms with Crippen molar-refractivity contribution < 1.29 is 31.1 Å². The molecule has 4 rings (SSSR count). The van der Waals surface area contributed by atoms with Crippen molar-refractivity contribution in [3.05, 3.63) is 40.5 Å². The van der Waals surface area contributed by atoms with Crippen LogP contribution in [0.1, 0.15) is 48.3 Å². The molecule has 1 aromatic rings. The third-order valence-corrected chi connectivity index (χ3v) is 7.35. The first-order chi connectivity index (χ1) is 13.1. The molecule has 1 spiro atoms. The third-order valence-electron chi connectivity index (χ3n) is 5.90. The summed E-state index contributed by atoms with van der Waals surface area (Å²) in [6, 6.07) is 5.85. The second kappa shape index (κ2) is 6.50. The Labute approximate surface area is 160 Å². The molecule has 0 bridgehead atoms. The van der Waals surface area contributed by atoms with E-state index in [1.54, 1.807) is 6.08 Å². The van der Waals surface area contributed by atoms with E-state index in [1.165, 1.54) is 0 Å². The molecule has 2 aliphatic carbocycles. The van der Waals surface area contributed by atoms with E-state index in [0.717, 1.165) is 36.0 Å². The number of benzene rings is 1. The number of sulfone groups is 1. The quantitative estimate of drug-likeness (QED) is 0.817. The van der Waals surface area contributed by atoms with Gasteiger partial charge in [0.05, 0.1) is 11.3 Å². The van der Waals surface area contributed by atoms with Crippen LogP contribution in [0.15, 0.2) is 23.8 Å². The van der Waals surface area contributed by atoms with Crippen LogP contribution in [0.3, 0.4) is 0 Å². The van der Waals surface area contributed by atoms with Crippen LogP contribution < -0.4 is 5.32 Å². The Balaban J connectivity index is 1.50. The van der Waals surface area contributed by atoms with Gasteiger partial charge in [0.1, 0.15) is 6.61 Å². The molecule has 2 fully saturated rings. The van der Waals surface area contributed by atoms with Crippen LogP contribution >= 0.6 is 0 Å². The molecule has 0 unspecified atom stereocenters. The van der Waals surface area contributed by atoms with E-state index in [1.807, 2.05) is 12.1 Å². The number of rotatable bonds is 3. The van der Waals surface area contributed by atoms with Crippen molar-refractivity contribution in [3.63, 3.8) is 0 Å². The van der Waals surface area contributed by atoms with Crippen LogP contribution in [0, 0.1) is 0 Å². The van der Waals surface area contributed by atoms with Crippen LogP contribution in [-0.2, 0) is 21.0 Å². The topological polar surface area (TPSA) is 72.5 Å². The molecule has 1 heterocycles. The molecule has 1 saturated heterocycles. The predicted molar refractivity (Wildman–Crippen MR) is 96.4 cm³/mol. The summed E-state index contributed by atoms with van der Waals surface area (Å²) >= 11 is 0. The maximum atomic E-state index is 12.6.